The second-order valence-electron chi connectivity index (χ2n) is 3.62. The zero-order chi connectivity index (χ0) is 12.2. The molecule has 0 saturated carbocycles. The van der Waals surface area contributed by atoms with Crippen LogP contribution in [0.15, 0.2) is 47.6 Å². The van der Waals surface area contributed by atoms with Gasteiger partial charge in [-0.3, -0.25) is 0 Å². The van der Waals surface area contributed by atoms with Gasteiger partial charge in [-0.2, -0.15) is 0 Å². The summed E-state index contributed by atoms with van der Waals surface area (Å²) < 4.78 is 6.73. The van der Waals surface area contributed by atoms with Gasteiger partial charge in [-0.05, 0) is 34.7 Å². The Kier molecular flexibility index (Phi) is 2.71. The SMILES string of the molecule is c1ncc(CNc2ccc(-n3cnnn3)cc2)o1. The van der Waals surface area contributed by atoms with Crippen molar-refractivity contribution in [2.75, 3.05) is 5.32 Å². The molecular formula is C11H10N6O. The highest BCUT2D eigenvalue weighted by Crippen LogP contribution is 2.13. The number of nitrogens with one attached hydrogen (secondary N) is 1. The molecule has 0 aliphatic heterocycles. The van der Waals surface area contributed by atoms with Gasteiger partial charge in [0, 0.05) is 5.69 Å². The number of hydrogen-bond acceptors (Lipinski definition) is 6. The van der Waals surface area contributed by atoms with Crippen LogP contribution in [0.5, 0.6) is 0 Å². The molecule has 90 valence electrons. The van der Waals surface area contributed by atoms with E-state index in [0.717, 1.165) is 17.1 Å². The van der Waals surface area contributed by atoms with Crippen LogP contribution in [0.2, 0.25) is 0 Å². The lowest BCUT2D eigenvalue weighted by atomic mass is 10.3. The number of tetrazole rings is 1. The molecule has 0 radical (unpaired) electrons. The molecule has 0 atom stereocenters. The molecule has 2 aromatic heterocycles. The highest BCUT2D eigenvalue weighted by Gasteiger charge is 1.99. The van der Waals surface area contributed by atoms with E-state index in [1.54, 1.807) is 17.2 Å². The van der Waals surface area contributed by atoms with Gasteiger partial charge in [-0.25, -0.2) is 9.67 Å². The maximum atomic E-state index is 5.13. The second-order valence-corrected chi connectivity index (χ2v) is 3.62. The molecule has 0 amide bonds. The lowest BCUT2D eigenvalue weighted by molar-refractivity contribution is 0.512. The first-order valence-corrected chi connectivity index (χ1v) is 5.36. The van der Waals surface area contributed by atoms with E-state index in [0.29, 0.717) is 6.54 Å². The highest BCUT2D eigenvalue weighted by molar-refractivity contribution is 5.48. The Morgan fingerprint density at radius 2 is 2.11 bits per heavy atom. The lowest BCUT2D eigenvalue weighted by Gasteiger charge is -2.05. The van der Waals surface area contributed by atoms with Gasteiger partial charge in [0.15, 0.2) is 6.39 Å². The van der Waals surface area contributed by atoms with E-state index < -0.39 is 0 Å². The number of rotatable bonds is 4. The standard InChI is InChI=1S/C11H10N6O/c1-3-10(17-7-14-15-16-17)4-2-9(1)13-6-11-5-12-8-18-11/h1-5,7-8,13H,6H2. The van der Waals surface area contributed by atoms with E-state index in [1.807, 2.05) is 24.3 Å². The molecule has 0 saturated heterocycles. The average Bonchev–Trinajstić information content (AvgIpc) is 3.10. The van der Waals surface area contributed by atoms with Crippen molar-refractivity contribution in [2.24, 2.45) is 0 Å². The highest BCUT2D eigenvalue weighted by atomic mass is 16.3. The summed E-state index contributed by atoms with van der Waals surface area (Å²) in [4.78, 5) is 3.85. The van der Waals surface area contributed by atoms with Gasteiger partial charge in [0.25, 0.3) is 0 Å². The Morgan fingerprint density at radius 1 is 1.22 bits per heavy atom. The molecule has 3 rings (SSSR count). The summed E-state index contributed by atoms with van der Waals surface area (Å²) in [5.41, 5.74) is 1.90. The van der Waals surface area contributed by atoms with Gasteiger partial charge in [0.05, 0.1) is 18.4 Å². The topological polar surface area (TPSA) is 81.7 Å². The summed E-state index contributed by atoms with van der Waals surface area (Å²) in [7, 11) is 0. The third kappa shape index (κ3) is 2.19. The van der Waals surface area contributed by atoms with Gasteiger partial charge in [-0.1, -0.05) is 0 Å². The fourth-order valence-corrected chi connectivity index (χ4v) is 1.53. The van der Waals surface area contributed by atoms with Crippen LogP contribution in [0.25, 0.3) is 5.69 Å². The van der Waals surface area contributed by atoms with Crippen molar-refractivity contribution >= 4 is 5.69 Å². The first-order valence-electron chi connectivity index (χ1n) is 5.36. The predicted octanol–water partition coefficient (Wildman–Crippen LogP) is 1.26. The number of benzene rings is 1. The molecule has 1 aromatic carbocycles. The quantitative estimate of drug-likeness (QED) is 0.741. The largest absolute Gasteiger partial charge is 0.447 e. The number of nitrogens with zero attached hydrogens (tertiary/aromatic N) is 5. The molecule has 7 heteroatoms. The molecule has 0 spiro atoms. The lowest BCUT2D eigenvalue weighted by Crippen LogP contribution is -1.99. The molecule has 2 heterocycles. The van der Waals surface area contributed by atoms with Crippen LogP contribution >= 0.6 is 0 Å². The van der Waals surface area contributed by atoms with Gasteiger partial charge >= 0.3 is 0 Å². The van der Waals surface area contributed by atoms with Crippen molar-refractivity contribution in [3.05, 3.63) is 48.9 Å². The van der Waals surface area contributed by atoms with E-state index in [9.17, 15) is 0 Å². The zero-order valence-corrected chi connectivity index (χ0v) is 9.39. The first-order chi connectivity index (χ1) is 8.92. The molecule has 0 aliphatic carbocycles. The Hall–Kier alpha value is -2.70. The van der Waals surface area contributed by atoms with Crippen molar-refractivity contribution in [3.63, 3.8) is 0 Å². The van der Waals surface area contributed by atoms with Crippen LogP contribution in [0.1, 0.15) is 5.76 Å². The third-order valence-electron chi connectivity index (χ3n) is 2.43. The van der Waals surface area contributed by atoms with Gasteiger partial charge in [-0.15, -0.1) is 5.10 Å². The minimum Gasteiger partial charge on any atom is -0.447 e. The monoisotopic (exact) mass is 242 g/mol. The summed E-state index contributed by atoms with van der Waals surface area (Å²) in [6, 6.07) is 7.76. The predicted molar refractivity (Wildman–Crippen MR) is 63.0 cm³/mol. The maximum Gasteiger partial charge on any atom is 0.180 e. The van der Waals surface area contributed by atoms with Gasteiger partial charge in [0.1, 0.15) is 12.1 Å². The molecular weight excluding hydrogens is 232 g/mol. The Bertz CT molecular complexity index is 587. The zero-order valence-electron chi connectivity index (χ0n) is 9.39. The normalized spacial score (nSPS) is 10.4. The van der Waals surface area contributed by atoms with E-state index in [1.165, 1.54) is 6.39 Å². The van der Waals surface area contributed by atoms with Crippen molar-refractivity contribution in [1.29, 1.82) is 0 Å². The molecule has 18 heavy (non-hydrogen) atoms. The number of aromatic nitrogens is 5. The van der Waals surface area contributed by atoms with Crippen LogP contribution in [-0.2, 0) is 6.54 Å². The molecule has 7 nitrogen and oxygen atoms in total. The van der Waals surface area contributed by atoms with Crippen LogP contribution in [0.4, 0.5) is 5.69 Å². The van der Waals surface area contributed by atoms with E-state index in [-0.39, 0.29) is 0 Å². The van der Waals surface area contributed by atoms with Crippen LogP contribution in [0, 0.1) is 0 Å². The average molecular weight is 242 g/mol. The van der Waals surface area contributed by atoms with Crippen molar-refractivity contribution in [3.8, 4) is 5.69 Å². The summed E-state index contributed by atoms with van der Waals surface area (Å²) in [5.74, 6) is 0.791. The molecule has 0 unspecified atom stereocenters. The fraction of sp³-hybridized carbons (Fsp3) is 0.0909. The molecule has 0 bridgehead atoms. The summed E-state index contributed by atoms with van der Waals surface area (Å²) in [6.45, 7) is 0.601. The maximum absolute atomic E-state index is 5.13. The minimum atomic E-state index is 0.601. The molecule has 0 aliphatic rings. The second kappa shape index (κ2) is 4.66. The Balaban J connectivity index is 1.68. The number of oxazole rings is 1. The number of hydrogen-bond donors (Lipinski definition) is 1. The Morgan fingerprint density at radius 3 is 2.78 bits per heavy atom. The third-order valence-corrected chi connectivity index (χ3v) is 2.43. The summed E-state index contributed by atoms with van der Waals surface area (Å²) in [6.07, 6.45) is 4.65. The van der Waals surface area contributed by atoms with Gasteiger partial charge < -0.3 is 9.73 Å². The van der Waals surface area contributed by atoms with Crippen LogP contribution in [0.3, 0.4) is 0 Å². The molecule has 1 N–H and O–H groups in total. The first kappa shape index (κ1) is 10.5. The van der Waals surface area contributed by atoms with Crippen LogP contribution in [-0.4, -0.2) is 25.2 Å². The van der Waals surface area contributed by atoms with Crippen molar-refractivity contribution in [2.45, 2.75) is 6.54 Å². The fourth-order valence-electron chi connectivity index (χ4n) is 1.53. The van der Waals surface area contributed by atoms with Crippen LogP contribution < -0.4 is 5.32 Å². The van der Waals surface area contributed by atoms with E-state index >= 15 is 0 Å². The smallest absolute Gasteiger partial charge is 0.180 e. The van der Waals surface area contributed by atoms with Crippen molar-refractivity contribution < 1.29 is 4.42 Å². The summed E-state index contributed by atoms with van der Waals surface area (Å²) >= 11 is 0. The molecule has 0 fully saturated rings. The minimum absolute atomic E-state index is 0.601. The van der Waals surface area contributed by atoms with E-state index in [2.05, 4.69) is 25.8 Å². The van der Waals surface area contributed by atoms with Crippen molar-refractivity contribution in [1.82, 2.24) is 25.2 Å². The molecule has 3 aromatic rings. The Labute approximate surface area is 102 Å². The number of anilines is 1. The summed E-state index contributed by atoms with van der Waals surface area (Å²) in [5, 5.41) is 14.2. The van der Waals surface area contributed by atoms with E-state index in [4.69, 9.17) is 4.42 Å². The van der Waals surface area contributed by atoms with Gasteiger partial charge in [0.2, 0.25) is 0 Å².